The van der Waals surface area contributed by atoms with Crippen molar-refractivity contribution in [3.05, 3.63) is 36.0 Å². The average Bonchev–Trinajstić information content (AvgIpc) is 2.74. The number of benzene rings is 1. The third kappa shape index (κ3) is 3.16. The number of carbonyl (C=O) groups is 1. The minimum atomic E-state index is 0.141. The van der Waals surface area contributed by atoms with Gasteiger partial charge in [-0.15, -0.1) is 0 Å². The van der Waals surface area contributed by atoms with Crippen molar-refractivity contribution >= 4 is 16.8 Å². The average molecular weight is 258 g/mol. The molecule has 1 atom stereocenters. The van der Waals surface area contributed by atoms with E-state index in [2.05, 4.69) is 35.1 Å². The molecule has 0 aliphatic heterocycles. The minimum absolute atomic E-state index is 0.141. The number of fused-ring (bicyclic) bond motifs is 1. The van der Waals surface area contributed by atoms with Gasteiger partial charge in [0, 0.05) is 36.6 Å². The first kappa shape index (κ1) is 13.7. The molecule has 0 fully saturated rings. The van der Waals surface area contributed by atoms with Crippen molar-refractivity contribution in [2.24, 2.45) is 7.05 Å². The Morgan fingerprint density at radius 1 is 1.37 bits per heavy atom. The second kappa shape index (κ2) is 5.91. The Balaban J connectivity index is 2.04. The monoisotopic (exact) mass is 258 g/mol. The summed E-state index contributed by atoms with van der Waals surface area (Å²) in [5, 5.41) is 4.26. The second-order valence-corrected chi connectivity index (χ2v) is 5.16. The van der Waals surface area contributed by atoms with Crippen LogP contribution in [0, 0.1) is 0 Å². The zero-order valence-electron chi connectivity index (χ0n) is 11.9. The molecule has 2 rings (SSSR count). The molecule has 0 radical (unpaired) electrons. The summed E-state index contributed by atoms with van der Waals surface area (Å²) in [7, 11) is 2.05. The number of para-hydroxylation sites is 1. The summed E-state index contributed by atoms with van der Waals surface area (Å²) in [4.78, 5) is 11.8. The van der Waals surface area contributed by atoms with Crippen molar-refractivity contribution < 1.29 is 4.79 Å². The lowest BCUT2D eigenvalue weighted by Gasteiger charge is -2.10. The van der Waals surface area contributed by atoms with Crippen LogP contribution in [0.2, 0.25) is 0 Å². The van der Waals surface area contributed by atoms with Gasteiger partial charge in [0.1, 0.15) is 0 Å². The van der Waals surface area contributed by atoms with E-state index >= 15 is 0 Å². The number of rotatable bonds is 5. The van der Waals surface area contributed by atoms with Crippen LogP contribution in [0.5, 0.6) is 0 Å². The van der Waals surface area contributed by atoms with Crippen LogP contribution in [-0.4, -0.2) is 16.5 Å². The summed E-state index contributed by atoms with van der Waals surface area (Å²) in [5.41, 5.74) is 2.47. The van der Waals surface area contributed by atoms with E-state index in [1.807, 2.05) is 26.1 Å². The van der Waals surface area contributed by atoms with Gasteiger partial charge in [0.2, 0.25) is 5.91 Å². The Morgan fingerprint density at radius 2 is 2.11 bits per heavy atom. The quantitative estimate of drug-likeness (QED) is 0.879. The maximum atomic E-state index is 11.8. The molecule has 0 saturated carbocycles. The minimum Gasteiger partial charge on any atom is -0.354 e. The molecule has 2 aromatic rings. The van der Waals surface area contributed by atoms with Crippen LogP contribution in [0.3, 0.4) is 0 Å². The fourth-order valence-corrected chi connectivity index (χ4v) is 2.32. The Bertz CT molecular complexity index is 571. The molecule has 19 heavy (non-hydrogen) atoms. The van der Waals surface area contributed by atoms with E-state index in [9.17, 15) is 4.79 Å². The predicted octanol–water partition coefficient (Wildman–Crippen LogP) is 3.03. The first-order valence-electron chi connectivity index (χ1n) is 6.94. The molecule has 3 heteroatoms. The smallest absolute Gasteiger partial charge is 0.220 e. The normalized spacial score (nSPS) is 12.6. The molecule has 0 bridgehead atoms. The number of hydrogen-bond acceptors (Lipinski definition) is 1. The number of aryl methyl sites for hydroxylation is 2. The van der Waals surface area contributed by atoms with Gasteiger partial charge in [-0.3, -0.25) is 4.79 Å². The van der Waals surface area contributed by atoms with Crippen molar-refractivity contribution in [2.45, 2.75) is 39.2 Å². The zero-order chi connectivity index (χ0) is 13.8. The highest BCUT2D eigenvalue weighted by Crippen LogP contribution is 2.21. The van der Waals surface area contributed by atoms with Gasteiger partial charge in [-0.1, -0.05) is 25.1 Å². The number of hydrogen-bond donors (Lipinski definition) is 1. The van der Waals surface area contributed by atoms with Crippen molar-refractivity contribution in [3.63, 3.8) is 0 Å². The summed E-state index contributed by atoms with van der Waals surface area (Å²) >= 11 is 0. The molecule has 3 nitrogen and oxygen atoms in total. The molecule has 1 unspecified atom stereocenters. The first-order valence-corrected chi connectivity index (χ1v) is 6.94. The fourth-order valence-electron chi connectivity index (χ4n) is 2.32. The summed E-state index contributed by atoms with van der Waals surface area (Å²) < 4.78 is 2.12. The van der Waals surface area contributed by atoms with E-state index in [-0.39, 0.29) is 11.9 Å². The summed E-state index contributed by atoms with van der Waals surface area (Å²) in [6, 6.07) is 8.59. The molecule has 1 amide bonds. The van der Waals surface area contributed by atoms with E-state index < -0.39 is 0 Å². The van der Waals surface area contributed by atoms with Gasteiger partial charge in [0.25, 0.3) is 0 Å². The van der Waals surface area contributed by atoms with Crippen molar-refractivity contribution in [3.8, 4) is 0 Å². The largest absolute Gasteiger partial charge is 0.354 e. The molecule has 102 valence electrons. The fraction of sp³-hybridized carbons (Fsp3) is 0.438. The van der Waals surface area contributed by atoms with Crippen molar-refractivity contribution in [2.75, 3.05) is 0 Å². The van der Waals surface area contributed by atoms with Gasteiger partial charge in [-0.25, -0.2) is 0 Å². The Kier molecular flexibility index (Phi) is 4.25. The summed E-state index contributed by atoms with van der Waals surface area (Å²) in [6.45, 7) is 4.12. The lowest BCUT2D eigenvalue weighted by atomic mass is 10.1. The highest BCUT2D eigenvalue weighted by Gasteiger charge is 2.09. The molecule has 1 aromatic heterocycles. The third-order valence-electron chi connectivity index (χ3n) is 3.62. The van der Waals surface area contributed by atoms with E-state index in [4.69, 9.17) is 0 Å². The number of aromatic nitrogens is 1. The molecule has 1 heterocycles. The van der Waals surface area contributed by atoms with E-state index in [1.54, 1.807) is 0 Å². The number of nitrogens with zero attached hydrogens (tertiary/aromatic N) is 1. The van der Waals surface area contributed by atoms with Crippen LogP contribution in [0.15, 0.2) is 30.5 Å². The SMILES string of the molecule is CCC(C)NC(=O)CCc1cn(C)c2ccccc12. The second-order valence-electron chi connectivity index (χ2n) is 5.16. The molecule has 1 aromatic carbocycles. The van der Waals surface area contributed by atoms with Gasteiger partial charge in [-0.2, -0.15) is 0 Å². The molecule has 1 N–H and O–H groups in total. The molecule has 0 aliphatic carbocycles. The van der Waals surface area contributed by atoms with Crippen LogP contribution in [0.4, 0.5) is 0 Å². The van der Waals surface area contributed by atoms with E-state index in [0.29, 0.717) is 6.42 Å². The van der Waals surface area contributed by atoms with Crippen LogP contribution in [0.1, 0.15) is 32.3 Å². The summed E-state index contributed by atoms with van der Waals surface area (Å²) in [5.74, 6) is 0.141. The van der Waals surface area contributed by atoms with E-state index in [0.717, 1.165) is 12.8 Å². The maximum Gasteiger partial charge on any atom is 0.220 e. The lowest BCUT2D eigenvalue weighted by Crippen LogP contribution is -2.31. The highest BCUT2D eigenvalue weighted by atomic mass is 16.1. The van der Waals surface area contributed by atoms with Crippen molar-refractivity contribution in [1.82, 2.24) is 9.88 Å². The maximum absolute atomic E-state index is 11.8. The van der Waals surface area contributed by atoms with Gasteiger partial charge in [-0.05, 0) is 31.4 Å². The molecular weight excluding hydrogens is 236 g/mol. The van der Waals surface area contributed by atoms with Gasteiger partial charge in [0.05, 0.1) is 0 Å². The standard InChI is InChI=1S/C16H22N2O/c1-4-12(2)17-16(19)10-9-13-11-18(3)15-8-6-5-7-14(13)15/h5-8,11-12H,4,9-10H2,1-3H3,(H,17,19). The molecule has 0 aliphatic rings. The van der Waals surface area contributed by atoms with Crippen LogP contribution in [0.25, 0.3) is 10.9 Å². The van der Waals surface area contributed by atoms with Crippen LogP contribution in [-0.2, 0) is 18.3 Å². The Hall–Kier alpha value is -1.77. The van der Waals surface area contributed by atoms with Crippen LogP contribution < -0.4 is 5.32 Å². The van der Waals surface area contributed by atoms with Gasteiger partial charge in [0.15, 0.2) is 0 Å². The highest BCUT2D eigenvalue weighted by molar-refractivity contribution is 5.84. The number of carbonyl (C=O) groups excluding carboxylic acids is 1. The lowest BCUT2D eigenvalue weighted by molar-refractivity contribution is -0.121. The topological polar surface area (TPSA) is 34.0 Å². The molecular formula is C16H22N2O. The van der Waals surface area contributed by atoms with Crippen molar-refractivity contribution in [1.29, 1.82) is 0 Å². The summed E-state index contributed by atoms with van der Waals surface area (Å²) in [6.07, 6.45) is 4.45. The van der Waals surface area contributed by atoms with Gasteiger partial charge < -0.3 is 9.88 Å². The number of nitrogens with one attached hydrogen (secondary N) is 1. The Morgan fingerprint density at radius 3 is 2.84 bits per heavy atom. The predicted molar refractivity (Wildman–Crippen MR) is 79.1 cm³/mol. The molecule has 0 saturated heterocycles. The Labute approximate surface area is 114 Å². The third-order valence-corrected chi connectivity index (χ3v) is 3.62. The van der Waals surface area contributed by atoms with Crippen LogP contribution >= 0.6 is 0 Å². The first-order chi connectivity index (χ1) is 9.11. The molecule has 0 spiro atoms. The van der Waals surface area contributed by atoms with Gasteiger partial charge >= 0.3 is 0 Å². The zero-order valence-corrected chi connectivity index (χ0v) is 11.9. The number of amides is 1. The van der Waals surface area contributed by atoms with E-state index in [1.165, 1.54) is 16.5 Å².